The highest BCUT2D eigenvalue weighted by Crippen LogP contribution is 2.36. The predicted molar refractivity (Wildman–Crippen MR) is 180 cm³/mol. The lowest BCUT2D eigenvalue weighted by atomic mass is 10.3. The number of rotatable bonds is 13. The maximum atomic E-state index is 12.1. The van der Waals surface area contributed by atoms with Gasteiger partial charge in [0.15, 0.2) is 0 Å². The van der Waals surface area contributed by atoms with Gasteiger partial charge < -0.3 is 25.6 Å². The number of aliphatic carboxylic acids is 1. The molecular formula is C23H36N6O13S6. The summed E-state index contributed by atoms with van der Waals surface area (Å²) in [6.45, 7) is 5.98. The minimum absolute atomic E-state index is 0.0489. The number of hydrogen-bond acceptors (Lipinski definition) is 16. The number of anilines is 2. The van der Waals surface area contributed by atoms with E-state index in [-0.39, 0.29) is 55.8 Å². The molecule has 2 aromatic heterocycles. The SMILES string of the molecule is CCOC(=O)/C=C(/C)OCC.CS(=O)(=O)NCc1csc(N)c1S(N)(=O)=O.CS(=O)(=O)NCc1csc2c1S(=O)(=O)N=C(CC(=O)O)N2. The number of ether oxygens (including phenoxy) is 2. The average molecular weight is 797 g/mol. The van der Waals surface area contributed by atoms with E-state index in [0.717, 1.165) is 35.2 Å². The van der Waals surface area contributed by atoms with Gasteiger partial charge in [0.05, 0.1) is 31.8 Å². The molecule has 0 spiro atoms. The summed E-state index contributed by atoms with van der Waals surface area (Å²) in [5.74, 6) is -1.15. The summed E-state index contributed by atoms with van der Waals surface area (Å²) in [6.07, 6.45) is 2.72. The van der Waals surface area contributed by atoms with Gasteiger partial charge in [-0.15, -0.1) is 27.1 Å². The van der Waals surface area contributed by atoms with Crippen LogP contribution in [0.25, 0.3) is 0 Å². The molecule has 0 fully saturated rings. The number of primary sulfonamides is 1. The Hall–Kier alpha value is -3.17. The highest BCUT2D eigenvalue weighted by atomic mass is 32.2. The van der Waals surface area contributed by atoms with Crippen molar-refractivity contribution in [3.05, 3.63) is 33.7 Å². The number of carboxylic acids is 1. The van der Waals surface area contributed by atoms with Gasteiger partial charge >= 0.3 is 11.9 Å². The molecule has 0 saturated heterocycles. The van der Waals surface area contributed by atoms with Crippen molar-refractivity contribution >= 4 is 90.5 Å². The molecular weight excluding hydrogens is 761 g/mol. The lowest BCUT2D eigenvalue weighted by Crippen LogP contribution is -2.25. The minimum atomic E-state index is -4.05. The van der Waals surface area contributed by atoms with Crippen LogP contribution in [0.2, 0.25) is 0 Å². The zero-order chi connectivity index (χ0) is 37.1. The van der Waals surface area contributed by atoms with Crippen LogP contribution in [0.4, 0.5) is 10.0 Å². The lowest BCUT2D eigenvalue weighted by molar-refractivity contribution is -0.137. The number of fused-ring (bicyclic) bond motifs is 1. The Bertz CT molecular complexity index is 1960. The second-order valence-corrected chi connectivity index (χ2v) is 17.7. The molecule has 0 saturated carbocycles. The van der Waals surface area contributed by atoms with Crippen molar-refractivity contribution in [1.29, 1.82) is 0 Å². The number of carbonyl (C=O) groups excluding carboxylic acids is 1. The Labute approximate surface area is 286 Å². The average Bonchev–Trinajstić information content (AvgIpc) is 3.49. The van der Waals surface area contributed by atoms with E-state index in [1.54, 1.807) is 13.8 Å². The molecule has 0 aromatic carbocycles. The van der Waals surface area contributed by atoms with Crippen LogP contribution in [0.15, 0.2) is 36.8 Å². The van der Waals surface area contributed by atoms with Gasteiger partial charge in [-0.3, -0.25) is 4.79 Å². The maximum Gasteiger partial charge on any atom is 0.334 e. The number of esters is 1. The molecule has 0 radical (unpaired) electrons. The third kappa shape index (κ3) is 15.4. The third-order valence-corrected chi connectivity index (χ3v) is 10.9. The molecule has 2 aromatic rings. The summed E-state index contributed by atoms with van der Waals surface area (Å²) in [4.78, 5) is 21.0. The van der Waals surface area contributed by atoms with E-state index in [0.29, 0.717) is 19.0 Å². The molecule has 272 valence electrons. The van der Waals surface area contributed by atoms with Gasteiger partial charge in [0, 0.05) is 18.7 Å². The van der Waals surface area contributed by atoms with Crippen molar-refractivity contribution in [3.8, 4) is 0 Å². The van der Waals surface area contributed by atoms with Gasteiger partial charge in [-0.2, -0.15) is 8.42 Å². The number of allylic oxidation sites excluding steroid dienone is 1. The minimum Gasteiger partial charge on any atom is -0.498 e. The largest absolute Gasteiger partial charge is 0.498 e. The number of nitrogens with one attached hydrogen (secondary N) is 3. The van der Waals surface area contributed by atoms with Crippen molar-refractivity contribution in [2.75, 3.05) is 36.8 Å². The summed E-state index contributed by atoms with van der Waals surface area (Å²) in [7, 11) is -14.9. The Morgan fingerprint density at radius 2 is 1.50 bits per heavy atom. The summed E-state index contributed by atoms with van der Waals surface area (Å²) in [5, 5.41) is 19.5. The van der Waals surface area contributed by atoms with E-state index in [2.05, 4.69) is 23.9 Å². The Balaban J connectivity index is 0.000000380. The van der Waals surface area contributed by atoms with Crippen molar-refractivity contribution in [2.45, 2.75) is 50.1 Å². The molecule has 8 N–H and O–H groups in total. The van der Waals surface area contributed by atoms with E-state index >= 15 is 0 Å². The van der Waals surface area contributed by atoms with E-state index in [1.807, 2.05) is 6.92 Å². The fourth-order valence-electron chi connectivity index (χ4n) is 3.32. The molecule has 0 amide bonds. The van der Waals surface area contributed by atoms with Gasteiger partial charge in [0.25, 0.3) is 10.0 Å². The van der Waals surface area contributed by atoms with Crippen LogP contribution in [-0.2, 0) is 72.2 Å². The van der Waals surface area contributed by atoms with Crippen LogP contribution in [0.1, 0.15) is 38.3 Å². The van der Waals surface area contributed by atoms with Gasteiger partial charge in [-0.1, -0.05) is 0 Å². The first kappa shape index (κ1) is 42.9. The molecule has 1 aliphatic heterocycles. The summed E-state index contributed by atoms with van der Waals surface area (Å²) < 4.78 is 108. The van der Waals surface area contributed by atoms with E-state index in [9.17, 15) is 43.3 Å². The van der Waals surface area contributed by atoms with Crippen molar-refractivity contribution < 1.29 is 57.8 Å². The molecule has 0 bridgehead atoms. The Morgan fingerprint density at radius 3 is 1.98 bits per heavy atom. The molecule has 19 nitrogen and oxygen atoms in total. The van der Waals surface area contributed by atoms with Crippen LogP contribution >= 0.6 is 22.7 Å². The van der Waals surface area contributed by atoms with Crippen LogP contribution in [0.3, 0.4) is 0 Å². The second kappa shape index (κ2) is 18.0. The maximum absolute atomic E-state index is 12.1. The standard InChI is InChI=1S/C9H11N3O6S3.C8H14O3.C6H11N3O4S3/c1-20(15,16)10-3-5-4-19-9-8(5)21(17,18)12-6(11-9)2-7(13)14;1-4-10-7(3)6-8(9)11-5-2;1-15(10,11)9-2-4-3-14-6(7)5(4)16(8,12)13/h4,10H,2-3H2,1H3,(H,11,12)(H,13,14);6H,4-5H2,1-3H3;3,9H,2,7H2,1H3,(H2,8,12,13)/b;7-6-;. The van der Waals surface area contributed by atoms with E-state index in [4.69, 9.17) is 20.7 Å². The van der Waals surface area contributed by atoms with Crippen LogP contribution < -0.4 is 25.6 Å². The number of thiophene rings is 2. The number of nitrogens with zero attached hydrogens (tertiary/aromatic N) is 1. The number of sulfonamides is 4. The van der Waals surface area contributed by atoms with Gasteiger partial charge in [-0.25, -0.2) is 44.6 Å². The van der Waals surface area contributed by atoms with Crippen LogP contribution in [0, 0.1) is 0 Å². The van der Waals surface area contributed by atoms with Crippen molar-refractivity contribution in [1.82, 2.24) is 9.44 Å². The zero-order valence-electron chi connectivity index (χ0n) is 26.2. The smallest absolute Gasteiger partial charge is 0.334 e. The summed E-state index contributed by atoms with van der Waals surface area (Å²) in [6, 6.07) is 0. The quantitative estimate of drug-likeness (QED) is 0.0902. The Kier molecular flexibility index (Phi) is 16.1. The highest BCUT2D eigenvalue weighted by Gasteiger charge is 2.30. The monoisotopic (exact) mass is 796 g/mol. The fourth-order valence-corrected chi connectivity index (χ4v) is 8.86. The fraction of sp³-hybridized carbons (Fsp3) is 0.435. The molecule has 0 unspecified atom stereocenters. The van der Waals surface area contributed by atoms with E-state index in [1.165, 1.54) is 16.8 Å². The van der Waals surface area contributed by atoms with E-state index < -0.39 is 52.5 Å². The molecule has 0 atom stereocenters. The number of hydrogen-bond donors (Lipinski definition) is 6. The van der Waals surface area contributed by atoms with Crippen molar-refractivity contribution in [2.24, 2.45) is 9.54 Å². The number of nitrogens with two attached hydrogens (primary N) is 2. The number of amidine groups is 1. The zero-order valence-corrected chi connectivity index (χ0v) is 31.1. The topological polar surface area (TPSA) is 310 Å². The number of carbonyl (C=O) groups is 2. The molecule has 3 rings (SSSR count). The molecule has 0 aliphatic carbocycles. The first-order valence-electron chi connectivity index (χ1n) is 13.1. The summed E-state index contributed by atoms with van der Waals surface area (Å²) >= 11 is 2.03. The second-order valence-electron chi connectivity index (χ2n) is 9.25. The Morgan fingerprint density at radius 1 is 0.979 bits per heavy atom. The molecule has 1 aliphatic rings. The van der Waals surface area contributed by atoms with Crippen molar-refractivity contribution in [3.63, 3.8) is 0 Å². The van der Waals surface area contributed by atoms with Gasteiger partial charge in [-0.05, 0) is 37.1 Å². The summed E-state index contributed by atoms with van der Waals surface area (Å²) in [5.41, 5.74) is 5.95. The van der Waals surface area contributed by atoms with Crippen LogP contribution in [0.5, 0.6) is 0 Å². The lowest BCUT2D eigenvalue weighted by Gasteiger charge is -2.14. The van der Waals surface area contributed by atoms with Crippen LogP contribution in [-0.4, -0.2) is 82.3 Å². The highest BCUT2D eigenvalue weighted by molar-refractivity contribution is 7.91. The molecule has 25 heteroatoms. The predicted octanol–water partition coefficient (Wildman–Crippen LogP) is 0.301. The molecule has 3 heterocycles. The van der Waals surface area contributed by atoms with Gasteiger partial charge in [0.1, 0.15) is 37.8 Å². The number of carboxylic acid groups (broad SMARTS) is 1. The first-order chi connectivity index (χ1) is 21.9. The first-order valence-corrected chi connectivity index (χ1v) is 21.6. The van der Waals surface area contributed by atoms with Gasteiger partial charge in [0.2, 0.25) is 30.1 Å². The third-order valence-electron chi connectivity index (χ3n) is 5.04. The normalized spacial score (nSPS) is 14.1. The molecule has 48 heavy (non-hydrogen) atoms. The number of nitrogen functional groups attached to an aromatic ring is 1.